The van der Waals surface area contributed by atoms with Gasteiger partial charge < -0.3 is 16.7 Å². The van der Waals surface area contributed by atoms with Gasteiger partial charge in [0.1, 0.15) is 0 Å². The summed E-state index contributed by atoms with van der Waals surface area (Å²) >= 11 is 0. The maximum absolute atomic E-state index is 11.1. The van der Waals surface area contributed by atoms with Gasteiger partial charge in [-0.3, -0.25) is 5.21 Å². The molecule has 0 bridgehead atoms. The van der Waals surface area contributed by atoms with E-state index in [2.05, 4.69) is 5.10 Å². The van der Waals surface area contributed by atoms with Crippen molar-refractivity contribution in [2.75, 3.05) is 5.73 Å². The Balaban J connectivity index is 3.13. The summed E-state index contributed by atoms with van der Waals surface area (Å²) < 4.78 is 0.493. The predicted octanol–water partition coefficient (Wildman–Crippen LogP) is -1.50. The highest BCUT2D eigenvalue weighted by atomic mass is 16.5. The highest BCUT2D eigenvalue weighted by Gasteiger charge is 2.10. The molecule has 0 saturated heterocycles. The molecule has 0 aliphatic rings. The molecule has 0 fully saturated rings. The Morgan fingerprint density at radius 3 is 3.00 bits per heavy atom. The molecule has 0 radical (unpaired) electrons. The SMILES string of the molecule is N/C(=N/NO)c1cc(N)cc[n+]1[O-]. The van der Waals surface area contributed by atoms with E-state index in [1.165, 1.54) is 23.9 Å². The lowest BCUT2D eigenvalue weighted by Crippen LogP contribution is -2.38. The standard InChI is InChI=1S/C6H9N5O2/c7-4-1-2-11(13)5(3-4)6(8)9-10-12/h1-3,10,12H,7H2,(H2,8,9). The van der Waals surface area contributed by atoms with Crippen LogP contribution in [0.4, 0.5) is 5.69 Å². The van der Waals surface area contributed by atoms with E-state index >= 15 is 0 Å². The van der Waals surface area contributed by atoms with Crippen molar-refractivity contribution >= 4 is 11.5 Å². The van der Waals surface area contributed by atoms with Gasteiger partial charge in [-0.2, -0.15) is 10.3 Å². The Hall–Kier alpha value is -2.02. The van der Waals surface area contributed by atoms with Crippen LogP contribution in [0.5, 0.6) is 0 Å². The van der Waals surface area contributed by atoms with Crippen molar-refractivity contribution < 1.29 is 9.94 Å². The van der Waals surface area contributed by atoms with Gasteiger partial charge in [0.25, 0.3) is 5.69 Å². The van der Waals surface area contributed by atoms with Crippen LogP contribution in [0.25, 0.3) is 0 Å². The van der Waals surface area contributed by atoms with E-state index in [0.717, 1.165) is 0 Å². The first kappa shape index (κ1) is 9.07. The number of nitrogens with zero attached hydrogens (tertiary/aromatic N) is 2. The molecule has 0 aliphatic heterocycles. The van der Waals surface area contributed by atoms with Crippen LogP contribution in [0, 0.1) is 5.21 Å². The molecule has 70 valence electrons. The molecule has 0 amide bonds. The molecule has 6 N–H and O–H groups in total. The van der Waals surface area contributed by atoms with Crippen molar-refractivity contribution in [2.45, 2.75) is 0 Å². The van der Waals surface area contributed by atoms with Crippen molar-refractivity contribution in [1.29, 1.82) is 0 Å². The van der Waals surface area contributed by atoms with E-state index in [-0.39, 0.29) is 11.5 Å². The van der Waals surface area contributed by atoms with Gasteiger partial charge in [0, 0.05) is 17.8 Å². The van der Waals surface area contributed by atoms with Gasteiger partial charge in [-0.15, -0.1) is 5.10 Å². The summed E-state index contributed by atoms with van der Waals surface area (Å²) in [5.41, 5.74) is 12.7. The van der Waals surface area contributed by atoms with Crippen LogP contribution >= 0.6 is 0 Å². The zero-order valence-electron chi connectivity index (χ0n) is 6.64. The number of rotatable bonds is 2. The van der Waals surface area contributed by atoms with Gasteiger partial charge in [0.05, 0.1) is 0 Å². The first-order valence-electron chi connectivity index (χ1n) is 3.36. The van der Waals surface area contributed by atoms with Crippen molar-refractivity contribution in [3.8, 4) is 0 Å². The second-order valence-corrected chi connectivity index (χ2v) is 2.27. The molecule has 0 atom stereocenters. The molecule has 0 aliphatic carbocycles. The number of hydrazone groups is 1. The fourth-order valence-electron chi connectivity index (χ4n) is 0.802. The fourth-order valence-corrected chi connectivity index (χ4v) is 0.802. The Labute approximate surface area is 73.8 Å². The zero-order chi connectivity index (χ0) is 9.84. The third-order valence-electron chi connectivity index (χ3n) is 1.38. The smallest absolute Gasteiger partial charge is 0.262 e. The average molecular weight is 183 g/mol. The van der Waals surface area contributed by atoms with E-state index in [4.69, 9.17) is 16.7 Å². The van der Waals surface area contributed by atoms with Gasteiger partial charge in [0.2, 0.25) is 5.84 Å². The van der Waals surface area contributed by atoms with E-state index in [0.29, 0.717) is 10.4 Å². The molecule has 0 saturated carbocycles. The minimum Gasteiger partial charge on any atom is -0.618 e. The van der Waals surface area contributed by atoms with E-state index in [9.17, 15) is 5.21 Å². The van der Waals surface area contributed by atoms with Gasteiger partial charge >= 0.3 is 0 Å². The summed E-state index contributed by atoms with van der Waals surface area (Å²) in [5, 5.41) is 22.5. The van der Waals surface area contributed by atoms with E-state index in [1.807, 2.05) is 0 Å². The Morgan fingerprint density at radius 1 is 1.69 bits per heavy atom. The van der Waals surface area contributed by atoms with Crippen LogP contribution in [0.2, 0.25) is 0 Å². The van der Waals surface area contributed by atoms with Gasteiger partial charge in [0.15, 0.2) is 6.20 Å². The number of aromatic nitrogens is 1. The zero-order valence-corrected chi connectivity index (χ0v) is 6.64. The largest absolute Gasteiger partial charge is 0.618 e. The molecule has 1 rings (SSSR count). The fraction of sp³-hybridized carbons (Fsp3) is 0. The number of nitrogens with two attached hydrogens (primary N) is 2. The quantitative estimate of drug-likeness (QED) is 0.146. The molecule has 1 heterocycles. The maximum atomic E-state index is 11.1. The molecule has 1 aromatic heterocycles. The van der Waals surface area contributed by atoms with Crippen LogP contribution in [0.1, 0.15) is 5.69 Å². The number of nitrogen functional groups attached to an aromatic ring is 1. The summed E-state index contributed by atoms with van der Waals surface area (Å²) in [6.45, 7) is 0. The lowest BCUT2D eigenvalue weighted by molar-refractivity contribution is -0.606. The number of pyridine rings is 1. The van der Waals surface area contributed by atoms with Crippen molar-refractivity contribution in [3.63, 3.8) is 0 Å². The third-order valence-corrected chi connectivity index (χ3v) is 1.38. The molecule has 7 heteroatoms. The number of hydrogen-bond acceptors (Lipinski definition) is 5. The molecule has 0 aromatic carbocycles. The highest BCUT2D eigenvalue weighted by molar-refractivity contribution is 5.94. The number of nitrogens with one attached hydrogen (secondary N) is 1. The van der Waals surface area contributed by atoms with Crippen molar-refractivity contribution in [2.24, 2.45) is 10.8 Å². The molecule has 0 unspecified atom stereocenters. The van der Waals surface area contributed by atoms with Crippen LogP contribution in [-0.2, 0) is 0 Å². The van der Waals surface area contributed by atoms with Crippen LogP contribution in [-0.4, -0.2) is 11.0 Å². The molecule has 7 nitrogen and oxygen atoms in total. The summed E-state index contributed by atoms with van der Waals surface area (Å²) in [4.78, 5) is 0. The molecule has 1 aromatic rings. The van der Waals surface area contributed by atoms with Gasteiger partial charge in [-0.25, -0.2) is 0 Å². The lowest BCUT2D eigenvalue weighted by Gasteiger charge is -2.03. The summed E-state index contributed by atoms with van der Waals surface area (Å²) in [6, 6.07) is 2.78. The minimum absolute atomic E-state index is 0.0709. The first-order valence-corrected chi connectivity index (χ1v) is 3.36. The normalized spacial score (nSPS) is 11.3. The van der Waals surface area contributed by atoms with Gasteiger partial charge in [-0.1, -0.05) is 0 Å². The summed E-state index contributed by atoms with van der Waals surface area (Å²) in [7, 11) is 0. The topological polar surface area (TPSA) is 124 Å². The van der Waals surface area contributed by atoms with Crippen LogP contribution < -0.4 is 21.8 Å². The average Bonchev–Trinajstić information content (AvgIpc) is 2.09. The van der Waals surface area contributed by atoms with Crippen molar-refractivity contribution in [3.05, 3.63) is 29.2 Å². The minimum atomic E-state index is -0.148. The van der Waals surface area contributed by atoms with E-state index in [1.54, 1.807) is 0 Å². The maximum Gasteiger partial charge on any atom is 0.262 e. The molecule has 13 heavy (non-hydrogen) atoms. The number of amidine groups is 1. The Bertz CT molecular complexity index is 338. The highest BCUT2D eigenvalue weighted by Crippen LogP contribution is 2.00. The number of hydrogen-bond donors (Lipinski definition) is 4. The summed E-state index contributed by atoms with van der Waals surface area (Å²) in [5.74, 6) is -0.148. The number of anilines is 1. The molecular formula is C6H9N5O2. The first-order chi connectivity index (χ1) is 6.15. The Kier molecular flexibility index (Phi) is 2.50. The Morgan fingerprint density at radius 2 is 2.38 bits per heavy atom. The van der Waals surface area contributed by atoms with Crippen LogP contribution in [0.3, 0.4) is 0 Å². The molecular weight excluding hydrogens is 174 g/mol. The second-order valence-electron chi connectivity index (χ2n) is 2.27. The van der Waals surface area contributed by atoms with E-state index < -0.39 is 0 Å². The molecule has 0 spiro atoms. The lowest BCUT2D eigenvalue weighted by atomic mass is 10.3. The van der Waals surface area contributed by atoms with Crippen LogP contribution in [0.15, 0.2) is 23.4 Å². The predicted molar refractivity (Wildman–Crippen MR) is 45.5 cm³/mol. The second kappa shape index (κ2) is 3.59. The van der Waals surface area contributed by atoms with Gasteiger partial charge in [-0.05, 0) is 0 Å². The van der Waals surface area contributed by atoms with Crippen molar-refractivity contribution in [1.82, 2.24) is 5.59 Å². The monoisotopic (exact) mass is 183 g/mol. The third kappa shape index (κ3) is 1.97. The summed E-state index contributed by atoms with van der Waals surface area (Å²) in [6.07, 6.45) is 1.20.